The lowest BCUT2D eigenvalue weighted by atomic mass is 9.96. The minimum absolute atomic E-state index is 0.109. The summed E-state index contributed by atoms with van der Waals surface area (Å²) in [5.74, 6) is 0.168. The number of hydrogen-bond acceptors (Lipinski definition) is 4. The Morgan fingerprint density at radius 2 is 2.04 bits per heavy atom. The van der Waals surface area contributed by atoms with E-state index in [2.05, 4.69) is 23.9 Å². The third-order valence-electron chi connectivity index (χ3n) is 5.22. The number of aromatic amines is 1. The second-order valence-electron chi connectivity index (χ2n) is 6.95. The average molecular weight is 413 g/mol. The molecule has 0 radical (unpaired) electrons. The molecular weight excluding hydrogens is 392 g/mol. The van der Waals surface area contributed by atoms with E-state index in [4.69, 9.17) is 11.6 Å². The zero-order valence-corrected chi connectivity index (χ0v) is 17.3. The topological polar surface area (TPSA) is 56.3 Å². The highest BCUT2D eigenvalue weighted by molar-refractivity contribution is 7.17. The Balaban J connectivity index is 1.87. The molecule has 4 nitrogen and oxygen atoms in total. The van der Waals surface area contributed by atoms with Crippen LogP contribution in [0.2, 0.25) is 5.02 Å². The van der Waals surface area contributed by atoms with Gasteiger partial charge >= 0.3 is 0 Å². The summed E-state index contributed by atoms with van der Waals surface area (Å²) in [6.45, 7) is 4.06. The van der Waals surface area contributed by atoms with Crippen LogP contribution in [0.3, 0.4) is 0 Å². The molecule has 0 unspecified atom stereocenters. The Morgan fingerprint density at radius 1 is 1.21 bits per heavy atom. The monoisotopic (exact) mass is 412 g/mol. The number of nitrogens with zero attached hydrogens (tertiary/aromatic N) is 1. The lowest BCUT2D eigenvalue weighted by Gasteiger charge is -2.15. The fraction of sp³-hybridized carbons (Fsp3) is 0.227. The van der Waals surface area contributed by atoms with Gasteiger partial charge in [0.1, 0.15) is 10.4 Å². The molecule has 0 fully saturated rings. The van der Waals surface area contributed by atoms with Crippen molar-refractivity contribution in [2.24, 2.45) is 0 Å². The third-order valence-corrected chi connectivity index (χ3v) is 6.48. The minimum atomic E-state index is -0.109. The Labute approximate surface area is 172 Å². The van der Waals surface area contributed by atoms with E-state index in [1.807, 2.05) is 29.6 Å². The van der Waals surface area contributed by atoms with E-state index in [1.54, 1.807) is 12.1 Å². The van der Waals surface area contributed by atoms with Crippen LogP contribution in [0.25, 0.3) is 32.1 Å². The highest BCUT2D eigenvalue weighted by atomic mass is 35.5. The molecule has 144 valence electrons. The molecule has 0 amide bonds. The number of aromatic nitrogens is 1. The Morgan fingerprint density at radius 3 is 2.79 bits per heavy atom. The number of likely N-dealkylation sites (N-methyl/N-ethyl adjacent to an activating group) is 1. The summed E-state index contributed by atoms with van der Waals surface area (Å²) in [6, 6.07) is 11.2. The predicted octanol–water partition coefficient (Wildman–Crippen LogP) is 5.26. The van der Waals surface area contributed by atoms with Gasteiger partial charge in [0.25, 0.3) is 5.56 Å². The van der Waals surface area contributed by atoms with Crippen molar-refractivity contribution >= 4 is 43.9 Å². The lowest BCUT2D eigenvalue weighted by Crippen LogP contribution is -2.20. The van der Waals surface area contributed by atoms with Gasteiger partial charge in [-0.05, 0) is 60.8 Å². The molecule has 0 saturated heterocycles. The van der Waals surface area contributed by atoms with Crippen LogP contribution in [0.5, 0.6) is 5.75 Å². The van der Waals surface area contributed by atoms with Crippen molar-refractivity contribution in [2.75, 3.05) is 20.1 Å². The van der Waals surface area contributed by atoms with Crippen LogP contribution in [-0.4, -0.2) is 35.1 Å². The quantitative estimate of drug-likeness (QED) is 0.470. The molecule has 2 heterocycles. The van der Waals surface area contributed by atoms with Gasteiger partial charge in [-0.15, -0.1) is 11.3 Å². The normalized spacial score (nSPS) is 11.7. The number of fused-ring (bicyclic) bond motifs is 3. The highest BCUT2D eigenvalue weighted by Crippen LogP contribution is 2.40. The minimum Gasteiger partial charge on any atom is -0.507 e. The average Bonchev–Trinajstić information content (AvgIpc) is 3.18. The van der Waals surface area contributed by atoms with Gasteiger partial charge in [0.2, 0.25) is 0 Å². The summed E-state index contributed by atoms with van der Waals surface area (Å²) in [6.07, 6.45) is 0.868. The van der Waals surface area contributed by atoms with Crippen molar-refractivity contribution in [1.29, 1.82) is 0 Å². The number of phenolic OH excluding ortho intramolecular Hbond substituents is 1. The zero-order valence-electron chi connectivity index (χ0n) is 15.8. The molecule has 0 aliphatic heterocycles. The molecule has 2 aromatic carbocycles. The zero-order chi connectivity index (χ0) is 19.8. The van der Waals surface area contributed by atoms with Crippen LogP contribution < -0.4 is 5.56 Å². The standard InChI is InChI=1S/C22H21ClN2O2S/c1-3-25(2)10-8-13-4-5-14(12-16(13)23)19-18(26)7-6-17-20(19)15-9-11-28-21(15)22(27)24-17/h4-7,9,11-12,26H,3,8,10H2,1-2H3,(H,24,27). The molecule has 4 rings (SSSR count). The molecule has 0 atom stereocenters. The SMILES string of the molecule is CCN(C)CCc1ccc(-c2c(O)ccc3[nH]c(=O)c4sccc4c23)cc1Cl. The number of halogens is 1. The second-order valence-corrected chi connectivity index (χ2v) is 8.28. The van der Waals surface area contributed by atoms with Crippen molar-refractivity contribution in [3.8, 4) is 16.9 Å². The summed E-state index contributed by atoms with van der Waals surface area (Å²) in [7, 11) is 2.09. The van der Waals surface area contributed by atoms with Gasteiger partial charge in [0.15, 0.2) is 0 Å². The van der Waals surface area contributed by atoms with Gasteiger partial charge in [0.05, 0.1) is 0 Å². The van der Waals surface area contributed by atoms with Gasteiger partial charge in [-0.3, -0.25) is 4.79 Å². The molecule has 0 aliphatic rings. The lowest BCUT2D eigenvalue weighted by molar-refractivity contribution is 0.357. The number of pyridine rings is 1. The largest absolute Gasteiger partial charge is 0.507 e. The number of rotatable bonds is 5. The molecule has 2 aromatic heterocycles. The number of H-pyrrole nitrogens is 1. The van der Waals surface area contributed by atoms with E-state index < -0.39 is 0 Å². The third kappa shape index (κ3) is 3.30. The number of nitrogens with one attached hydrogen (secondary N) is 1. The molecule has 0 aliphatic carbocycles. The Hall–Kier alpha value is -2.34. The molecule has 0 spiro atoms. The summed E-state index contributed by atoms with van der Waals surface area (Å²) in [4.78, 5) is 17.5. The molecule has 4 aromatic rings. The fourth-order valence-corrected chi connectivity index (χ4v) is 4.57. The maximum Gasteiger partial charge on any atom is 0.266 e. The van der Waals surface area contributed by atoms with E-state index in [0.29, 0.717) is 20.8 Å². The van der Waals surface area contributed by atoms with E-state index in [9.17, 15) is 9.90 Å². The molecular formula is C22H21ClN2O2S. The summed E-state index contributed by atoms with van der Waals surface area (Å²) in [5, 5.41) is 14.9. The first-order valence-electron chi connectivity index (χ1n) is 9.22. The van der Waals surface area contributed by atoms with Gasteiger partial charge in [-0.1, -0.05) is 30.7 Å². The van der Waals surface area contributed by atoms with Crippen LogP contribution in [0.4, 0.5) is 0 Å². The second kappa shape index (κ2) is 7.59. The van der Waals surface area contributed by atoms with Crippen molar-refractivity contribution in [3.05, 3.63) is 62.7 Å². The van der Waals surface area contributed by atoms with Crippen LogP contribution in [-0.2, 0) is 6.42 Å². The van der Waals surface area contributed by atoms with E-state index in [-0.39, 0.29) is 11.3 Å². The fourth-order valence-electron chi connectivity index (χ4n) is 3.50. The van der Waals surface area contributed by atoms with Crippen LogP contribution in [0.1, 0.15) is 12.5 Å². The van der Waals surface area contributed by atoms with Crippen LogP contribution in [0.15, 0.2) is 46.6 Å². The molecule has 28 heavy (non-hydrogen) atoms. The molecule has 0 bridgehead atoms. The molecule has 0 saturated carbocycles. The van der Waals surface area contributed by atoms with Gasteiger partial charge in [-0.2, -0.15) is 0 Å². The van der Waals surface area contributed by atoms with Crippen molar-refractivity contribution < 1.29 is 5.11 Å². The maximum atomic E-state index is 12.3. The first kappa shape index (κ1) is 19.0. The molecule has 2 N–H and O–H groups in total. The van der Waals surface area contributed by atoms with Gasteiger partial charge in [-0.25, -0.2) is 0 Å². The summed E-state index contributed by atoms with van der Waals surface area (Å²) >= 11 is 7.98. The van der Waals surface area contributed by atoms with Crippen molar-refractivity contribution in [2.45, 2.75) is 13.3 Å². The van der Waals surface area contributed by atoms with Gasteiger partial charge < -0.3 is 15.0 Å². The van der Waals surface area contributed by atoms with Gasteiger partial charge in [0, 0.05) is 33.4 Å². The van der Waals surface area contributed by atoms with E-state index >= 15 is 0 Å². The number of aromatic hydroxyl groups is 1. The highest BCUT2D eigenvalue weighted by Gasteiger charge is 2.16. The first-order chi connectivity index (χ1) is 13.5. The van der Waals surface area contributed by atoms with E-state index in [1.165, 1.54) is 11.3 Å². The Bertz CT molecular complexity index is 1230. The number of phenols is 1. The van der Waals surface area contributed by atoms with Crippen molar-refractivity contribution in [3.63, 3.8) is 0 Å². The number of thiophene rings is 1. The Kier molecular flexibility index (Phi) is 5.15. The summed E-state index contributed by atoms with van der Waals surface area (Å²) < 4.78 is 0.657. The number of benzene rings is 2. The van der Waals surface area contributed by atoms with Crippen molar-refractivity contribution in [1.82, 2.24) is 9.88 Å². The smallest absolute Gasteiger partial charge is 0.266 e. The van der Waals surface area contributed by atoms with Crippen LogP contribution >= 0.6 is 22.9 Å². The molecule has 6 heteroatoms. The van der Waals surface area contributed by atoms with Crippen LogP contribution in [0, 0.1) is 0 Å². The first-order valence-corrected chi connectivity index (χ1v) is 10.5. The van der Waals surface area contributed by atoms with E-state index in [0.717, 1.165) is 41.4 Å². The maximum absolute atomic E-state index is 12.3. The summed E-state index contributed by atoms with van der Waals surface area (Å²) in [5.41, 5.74) is 3.20. The predicted molar refractivity (Wildman–Crippen MR) is 119 cm³/mol. The number of hydrogen-bond donors (Lipinski definition) is 2.